The molecular weight excluding hydrogens is 198 g/mol. The van der Waals surface area contributed by atoms with E-state index in [0.717, 1.165) is 6.42 Å². The summed E-state index contributed by atoms with van der Waals surface area (Å²) >= 11 is 0. The molecule has 0 spiro atoms. The molecule has 0 aromatic rings. The standard InChI is InChI=1S/C10H19NO4/c1-3-14-8-10(13,15-4-2)11-7-5-6-9(11)12/h13H,3-8H2,1-2H3. The molecule has 0 saturated carbocycles. The van der Waals surface area contributed by atoms with Gasteiger partial charge in [0.2, 0.25) is 5.91 Å². The number of nitrogens with zero attached hydrogens (tertiary/aromatic N) is 1. The summed E-state index contributed by atoms with van der Waals surface area (Å²) in [4.78, 5) is 12.8. The largest absolute Gasteiger partial charge is 0.374 e. The van der Waals surface area contributed by atoms with Gasteiger partial charge in [-0.1, -0.05) is 0 Å². The highest BCUT2D eigenvalue weighted by molar-refractivity contribution is 5.78. The maximum absolute atomic E-state index is 11.5. The Morgan fingerprint density at radius 3 is 2.67 bits per heavy atom. The van der Waals surface area contributed by atoms with E-state index in [1.165, 1.54) is 4.90 Å². The van der Waals surface area contributed by atoms with Crippen LogP contribution in [0.3, 0.4) is 0 Å². The van der Waals surface area contributed by atoms with Crippen LogP contribution < -0.4 is 0 Å². The Kier molecular flexibility index (Phi) is 4.50. The van der Waals surface area contributed by atoms with E-state index in [2.05, 4.69) is 0 Å². The topological polar surface area (TPSA) is 59.0 Å². The summed E-state index contributed by atoms with van der Waals surface area (Å²) in [6, 6.07) is 0. The highest BCUT2D eigenvalue weighted by Crippen LogP contribution is 2.22. The number of hydrogen-bond acceptors (Lipinski definition) is 4. The van der Waals surface area contributed by atoms with Crippen molar-refractivity contribution in [3.05, 3.63) is 0 Å². The van der Waals surface area contributed by atoms with Crippen LogP contribution in [-0.2, 0) is 14.3 Å². The van der Waals surface area contributed by atoms with Gasteiger partial charge in [0.25, 0.3) is 5.91 Å². The van der Waals surface area contributed by atoms with E-state index in [1.54, 1.807) is 6.92 Å². The predicted octanol–water partition coefficient (Wildman–Crippen LogP) is 0.328. The van der Waals surface area contributed by atoms with Crippen LogP contribution in [0.2, 0.25) is 0 Å². The van der Waals surface area contributed by atoms with Crippen LogP contribution in [0.4, 0.5) is 0 Å². The Bertz CT molecular complexity index is 221. The molecule has 1 saturated heterocycles. The van der Waals surface area contributed by atoms with Crippen LogP contribution in [0.15, 0.2) is 0 Å². The van der Waals surface area contributed by atoms with Gasteiger partial charge < -0.3 is 14.6 Å². The van der Waals surface area contributed by atoms with Crippen molar-refractivity contribution in [3.63, 3.8) is 0 Å². The molecule has 1 rings (SSSR count). The molecule has 1 aliphatic rings. The van der Waals surface area contributed by atoms with Crippen LogP contribution in [0.25, 0.3) is 0 Å². The monoisotopic (exact) mass is 217 g/mol. The lowest BCUT2D eigenvalue weighted by molar-refractivity contribution is -0.299. The number of rotatable bonds is 6. The molecular formula is C10H19NO4. The number of likely N-dealkylation sites (tertiary alicyclic amines) is 1. The van der Waals surface area contributed by atoms with Crippen molar-refractivity contribution < 1.29 is 19.4 Å². The van der Waals surface area contributed by atoms with Crippen molar-refractivity contribution in [1.29, 1.82) is 0 Å². The second-order valence-corrected chi connectivity index (χ2v) is 3.46. The number of ether oxygens (including phenoxy) is 2. The van der Waals surface area contributed by atoms with Crippen LogP contribution in [0.5, 0.6) is 0 Å². The molecule has 1 unspecified atom stereocenters. The van der Waals surface area contributed by atoms with Gasteiger partial charge in [0.15, 0.2) is 0 Å². The smallest absolute Gasteiger partial charge is 0.276 e. The fourth-order valence-electron chi connectivity index (χ4n) is 1.68. The molecule has 5 nitrogen and oxygen atoms in total. The third kappa shape index (κ3) is 2.90. The van der Waals surface area contributed by atoms with E-state index in [4.69, 9.17) is 9.47 Å². The Balaban J connectivity index is 2.65. The normalized spacial score (nSPS) is 20.7. The van der Waals surface area contributed by atoms with Crippen molar-refractivity contribution in [2.24, 2.45) is 0 Å². The lowest BCUT2D eigenvalue weighted by Gasteiger charge is -2.35. The van der Waals surface area contributed by atoms with Gasteiger partial charge in [-0.3, -0.25) is 9.69 Å². The number of amides is 1. The molecule has 15 heavy (non-hydrogen) atoms. The van der Waals surface area contributed by atoms with Crippen LogP contribution in [0.1, 0.15) is 26.7 Å². The summed E-state index contributed by atoms with van der Waals surface area (Å²) in [6.45, 7) is 4.96. The number of hydrogen-bond donors (Lipinski definition) is 1. The molecule has 1 heterocycles. The van der Waals surface area contributed by atoms with Gasteiger partial charge in [0.05, 0.1) is 0 Å². The lowest BCUT2D eigenvalue weighted by atomic mass is 10.4. The van der Waals surface area contributed by atoms with E-state index in [1.807, 2.05) is 6.92 Å². The zero-order valence-corrected chi connectivity index (χ0v) is 9.36. The molecule has 1 N–H and O–H groups in total. The minimum Gasteiger partial charge on any atom is -0.374 e. The van der Waals surface area contributed by atoms with Gasteiger partial charge in [0.1, 0.15) is 6.61 Å². The predicted molar refractivity (Wildman–Crippen MR) is 54.0 cm³/mol. The van der Waals surface area contributed by atoms with E-state index in [-0.39, 0.29) is 12.5 Å². The molecule has 5 heteroatoms. The van der Waals surface area contributed by atoms with Crippen LogP contribution in [0, 0.1) is 0 Å². The van der Waals surface area contributed by atoms with Crippen LogP contribution >= 0.6 is 0 Å². The second-order valence-electron chi connectivity index (χ2n) is 3.46. The van der Waals surface area contributed by atoms with E-state index in [9.17, 15) is 9.90 Å². The zero-order valence-electron chi connectivity index (χ0n) is 9.36. The van der Waals surface area contributed by atoms with Crippen molar-refractivity contribution in [1.82, 2.24) is 4.90 Å². The SMILES string of the molecule is CCOCC(O)(OCC)N1CCCC1=O. The summed E-state index contributed by atoms with van der Waals surface area (Å²) in [7, 11) is 0. The highest BCUT2D eigenvalue weighted by Gasteiger charge is 2.41. The summed E-state index contributed by atoms with van der Waals surface area (Å²) < 4.78 is 10.4. The van der Waals surface area contributed by atoms with Gasteiger partial charge >= 0.3 is 0 Å². The van der Waals surface area contributed by atoms with Crippen molar-refractivity contribution >= 4 is 5.91 Å². The van der Waals surface area contributed by atoms with Gasteiger partial charge in [-0.2, -0.15) is 0 Å². The molecule has 1 amide bonds. The van der Waals surface area contributed by atoms with Gasteiger partial charge in [0, 0.05) is 26.2 Å². The quantitative estimate of drug-likeness (QED) is 0.651. The number of carbonyl (C=O) groups is 1. The Morgan fingerprint density at radius 1 is 1.47 bits per heavy atom. The third-order valence-electron chi connectivity index (χ3n) is 2.36. The van der Waals surface area contributed by atoms with Crippen molar-refractivity contribution in [3.8, 4) is 0 Å². The summed E-state index contributed by atoms with van der Waals surface area (Å²) in [6.07, 6.45) is 1.24. The Morgan fingerprint density at radius 2 is 2.20 bits per heavy atom. The number of carbonyl (C=O) groups excluding carboxylic acids is 1. The van der Waals surface area contributed by atoms with Gasteiger partial charge in [-0.25, -0.2) is 0 Å². The van der Waals surface area contributed by atoms with Crippen molar-refractivity contribution in [2.75, 3.05) is 26.4 Å². The van der Waals surface area contributed by atoms with E-state index in [0.29, 0.717) is 26.2 Å². The number of aliphatic hydroxyl groups is 1. The zero-order chi connectivity index (χ0) is 11.3. The molecule has 1 aliphatic heterocycles. The van der Waals surface area contributed by atoms with Crippen LogP contribution in [-0.4, -0.2) is 48.2 Å². The van der Waals surface area contributed by atoms with E-state index >= 15 is 0 Å². The second kappa shape index (κ2) is 5.44. The first-order chi connectivity index (χ1) is 7.14. The Hall–Kier alpha value is -0.650. The minimum atomic E-state index is -1.58. The fourth-order valence-corrected chi connectivity index (χ4v) is 1.68. The summed E-state index contributed by atoms with van der Waals surface area (Å²) in [5, 5.41) is 10.2. The molecule has 1 atom stereocenters. The maximum Gasteiger partial charge on any atom is 0.276 e. The third-order valence-corrected chi connectivity index (χ3v) is 2.36. The van der Waals surface area contributed by atoms with Gasteiger partial charge in [-0.05, 0) is 20.3 Å². The molecule has 0 bridgehead atoms. The first-order valence-corrected chi connectivity index (χ1v) is 5.38. The summed E-state index contributed by atoms with van der Waals surface area (Å²) in [5.74, 6) is -1.66. The Labute approximate surface area is 90.0 Å². The van der Waals surface area contributed by atoms with E-state index < -0.39 is 5.91 Å². The average Bonchev–Trinajstić information content (AvgIpc) is 2.62. The fraction of sp³-hybridized carbons (Fsp3) is 0.900. The molecule has 1 fully saturated rings. The molecule has 0 radical (unpaired) electrons. The molecule has 0 aliphatic carbocycles. The highest BCUT2D eigenvalue weighted by atomic mass is 16.7. The lowest BCUT2D eigenvalue weighted by Crippen LogP contribution is -2.54. The molecule has 0 aromatic heterocycles. The first-order valence-electron chi connectivity index (χ1n) is 5.38. The molecule has 0 aromatic carbocycles. The summed E-state index contributed by atoms with van der Waals surface area (Å²) in [5.41, 5.74) is 0. The average molecular weight is 217 g/mol. The van der Waals surface area contributed by atoms with Crippen molar-refractivity contribution in [2.45, 2.75) is 32.6 Å². The first kappa shape index (κ1) is 12.4. The molecule has 88 valence electrons. The minimum absolute atomic E-state index is 0.00306. The maximum atomic E-state index is 11.5. The van der Waals surface area contributed by atoms with Gasteiger partial charge in [-0.15, -0.1) is 0 Å².